The highest BCUT2D eigenvalue weighted by molar-refractivity contribution is 5.85. The average Bonchev–Trinajstić information content (AvgIpc) is 2.33. The van der Waals surface area contributed by atoms with Crippen molar-refractivity contribution in [2.75, 3.05) is 0 Å². The molecule has 0 radical (unpaired) electrons. The molecule has 0 N–H and O–H groups in total. The van der Waals surface area contributed by atoms with E-state index < -0.39 is 0 Å². The van der Waals surface area contributed by atoms with Gasteiger partial charge in [0.15, 0.2) is 0 Å². The third kappa shape index (κ3) is 1.85. The van der Waals surface area contributed by atoms with Crippen LogP contribution in [-0.4, -0.2) is 9.61 Å². The molecule has 2 aromatic rings. The van der Waals surface area contributed by atoms with Crippen LogP contribution in [-0.2, 0) is 0 Å². The molecular formula is C7H8Cl2N2. The second-order valence-corrected chi connectivity index (χ2v) is 1.90. The minimum Gasteiger partial charge on any atom is -0.241 e. The number of halogens is 2. The zero-order valence-electron chi connectivity index (χ0n) is 5.68. The van der Waals surface area contributed by atoms with Gasteiger partial charge in [-0.05, 0) is 24.3 Å². The van der Waals surface area contributed by atoms with Gasteiger partial charge in [0.2, 0.25) is 0 Å². The first kappa shape index (κ1) is 10.3. The lowest BCUT2D eigenvalue weighted by atomic mass is 10.5. The molecule has 0 aliphatic carbocycles. The Labute approximate surface area is 77.0 Å². The molecule has 0 aliphatic rings. The summed E-state index contributed by atoms with van der Waals surface area (Å²) < 4.78 is 1.83. The topological polar surface area (TPSA) is 17.3 Å². The summed E-state index contributed by atoms with van der Waals surface area (Å²) in [4.78, 5) is 0. The van der Waals surface area contributed by atoms with Crippen LogP contribution in [0.15, 0.2) is 36.7 Å². The second-order valence-electron chi connectivity index (χ2n) is 1.90. The summed E-state index contributed by atoms with van der Waals surface area (Å²) in [5, 5.41) is 4.06. The first-order valence-electron chi connectivity index (χ1n) is 2.85. The van der Waals surface area contributed by atoms with Crippen molar-refractivity contribution in [3.8, 4) is 0 Å². The molecule has 2 heterocycles. The van der Waals surface area contributed by atoms with Gasteiger partial charge in [0.05, 0.1) is 5.52 Å². The lowest BCUT2D eigenvalue weighted by Gasteiger charge is -1.87. The second kappa shape index (κ2) is 4.21. The molecule has 0 atom stereocenters. The highest BCUT2D eigenvalue weighted by atomic mass is 35.5. The number of hydrogen-bond donors (Lipinski definition) is 0. The smallest absolute Gasteiger partial charge is 0.0646 e. The summed E-state index contributed by atoms with van der Waals surface area (Å²) in [5.74, 6) is 0. The van der Waals surface area contributed by atoms with E-state index in [9.17, 15) is 0 Å². The third-order valence-electron chi connectivity index (χ3n) is 1.30. The number of aromatic nitrogens is 2. The van der Waals surface area contributed by atoms with Gasteiger partial charge < -0.3 is 0 Å². The zero-order chi connectivity index (χ0) is 6.10. The normalized spacial score (nSPS) is 8.36. The van der Waals surface area contributed by atoms with Crippen molar-refractivity contribution in [2.24, 2.45) is 0 Å². The van der Waals surface area contributed by atoms with Crippen LogP contribution < -0.4 is 0 Å². The molecule has 0 aromatic carbocycles. The van der Waals surface area contributed by atoms with Crippen molar-refractivity contribution in [3.63, 3.8) is 0 Å². The Morgan fingerprint density at radius 2 is 1.82 bits per heavy atom. The minimum atomic E-state index is 0. The number of hydrogen-bond acceptors (Lipinski definition) is 1. The molecule has 2 aromatic heterocycles. The van der Waals surface area contributed by atoms with E-state index >= 15 is 0 Å². The summed E-state index contributed by atoms with van der Waals surface area (Å²) in [6.07, 6.45) is 3.70. The number of nitrogens with zero attached hydrogens (tertiary/aromatic N) is 2. The Morgan fingerprint density at radius 3 is 2.55 bits per heavy atom. The van der Waals surface area contributed by atoms with Crippen molar-refractivity contribution in [1.82, 2.24) is 9.61 Å². The van der Waals surface area contributed by atoms with E-state index in [1.54, 1.807) is 6.20 Å². The molecule has 0 bridgehead atoms. The van der Waals surface area contributed by atoms with Crippen LogP contribution in [0.1, 0.15) is 0 Å². The van der Waals surface area contributed by atoms with Gasteiger partial charge in [-0.25, -0.2) is 4.52 Å². The minimum absolute atomic E-state index is 0. The fourth-order valence-electron chi connectivity index (χ4n) is 0.875. The van der Waals surface area contributed by atoms with Crippen molar-refractivity contribution in [2.45, 2.75) is 0 Å². The van der Waals surface area contributed by atoms with E-state index in [1.807, 2.05) is 35.0 Å². The fraction of sp³-hybridized carbons (Fsp3) is 0. The van der Waals surface area contributed by atoms with Crippen LogP contribution in [0.3, 0.4) is 0 Å². The van der Waals surface area contributed by atoms with E-state index in [2.05, 4.69) is 5.10 Å². The summed E-state index contributed by atoms with van der Waals surface area (Å²) in [6.45, 7) is 0. The largest absolute Gasteiger partial charge is 0.241 e. The first-order valence-corrected chi connectivity index (χ1v) is 2.85. The molecule has 11 heavy (non-hydrogen) atoms. The van der Waals surface area contributed by atoms with Gasteiger partial charge in [-0.3, -0.25) is 0 Å². The van der Waals surface area contributed by atoms with E-state index in [-0.39, 0.29) is 24.8 Å². The van der Waals surface area contributed by atoms with Crippen molar-refractivity contribution in [3.05, 3.63) is 36.7 Å². The molecule has 0 amide bonds. The highest BCUT2D eigenvalue weighted by Crippen LogP contribution is 1.98. The summed E-state index contributed by atoms with van der Waals surface area (Å²) in [6, 6.07) is 7.94. The van der Waals surface area contributed by atoms with Crippen LogP contribution in [0, 0.1) is 0 Å². The van der Waals surface area contributed by atoms with Gasteiger partial charge in [0, 0.05) is 12.4 Å². The number of rotatable bonds is 0. The number of fused-ring (bicyclic) bond motifs is 1. The van der Waals surface area contributed by atoms with Crippen LogP contribution in [0.5, 0.6) is 0 Å². The SMILES string of the molecule is Cl.Cl.c1cnn2cccc2c1. The standard InChI is InChI=1S/C7H6N2.2ClH/c1-3-7-4-2-6-9(7)8-5-1;;/h1-6H;2*1H. The Hall–Kier alpha value is -0.730. The maximum Gasteiger partial charge on any atom is 0.0646 e. The van der Waals surface area contributed by atoms with E-state index in [0.29, 0.717) is 0 Å². The van der Waals surface area contributed by atoms with Crippen molar-refractivity contribution < 1.29 is 0 Å². The van der Waals surface area contributed by atoms with E-state index in [0.717, 1.165) is 5.52 Å². The van der Waals surface area contributed by atoms with Gasteiger partial charge >= 0.3 is 0 Å². The molecule has 2 rings (SSSR count). The first-order chi connectivity index (χ1) is 4.47. The quantitative estimate of drug-likeness (QED) is 0.623. The molecule has 0 fully saturated rings. The van der Waals surface area contributed by atoms with Crippen LogP contribution in [0.25, 0.3) is 5.52 Å². The van der Waals surface area contributed by atoms with Gasteiger partial charge in [0.1, 0.15) is 0 Å². The summed E-state index contributed by atoms with van der Waals surface area (Å²) >= 11 is 0. The van der Waals surface area contributed by atoms with Gasteiger partial charge in [-0.15, -0.1) is 24.8 Å². The lowest BCUT2D eigenvalue weighted by Crippen LogP contribution is -1.84. The fourth-order valence-corrected chi connectivity index (χ4v) is 0.875. The molecule has 2 nitrogen and oxygen atoms in total. The third-order valence-corrected chi connectivity index (χ3v) is 1.30. The molecular weight excluding hydrogens is 183 g/mol. The maximum atomic E-state index is 4.06. The van der Waals surface area contributed by atoms with Gasteiger partial charge in [0.25, 0.3) is 0 Å². The predicted octanol–water partition coefficient (Wildman–Crippen LogP) is 2.18. The predicted molar refractivity (Wildman–Crippen MR) is 49.7 cm³/mol. The van der Waals surface area contributed by atoms with Gasteiger partial charge in [-0.1, -0.05) is 0 Å². The monoisotopic (exact) mass is 190 g/mol. The Kier molecular flexibility index (Phi) is 3.93. The molecule has 0 saturated carbocycles. The maximum absolute atomic E-state index is 4.06. The summed E-state index contributed by atoms with van der Waals surface area (Å²) in [7, 11) is 0. The van der Waals surface area contributed by atoms with Crippen molar-refractivity contribution >= 4 is 30.3 Å². The molecule has 0 aliphatic heterocycles. The zero-order valence-corrected chi connectivity index (χ0v) is 7.31. The average molecular weight is 191 g/mol. The van der Waals surface area contributed by atoms with Crippen LogP contribution in [0.4, 0.5) is 0 Å². The Bertz CT molecular complexity index is 288. The Morgan fingerprint density at radius 1 is 1.09 bits per heavy atom. The van der Waals surface area contributed by atoms with E-state index in [1.165, 1.54) is 0 Å². The van der Waals surface area contributed by atoms with Gasteiger partial charge in [-0.2, -0.15) is 5.10 Å². The Balaban J connectivity index is 0.000000500. The molecule has 0 saturated heterocycles. The molecule has 0 spiro atoms. The van der Waals surface area contributed by atoms with Crippen LogP contribution >= 0.6 is 24.8 Å². The summed E-state index contributed by atoms with van der Waals surface area (Å²) in [5.41, 5.74) is 1.14. The highest BCUT2D eigenvalue weighted by Gasteiger charge is 1.85. The van der Waals surface area contributed by atoms with Crippen molar-refractivity contribution in [1.29, 1.82) is 0 Å². The van der Waals surface area contributed by atoms with Crippen LogP contribution in [0.2, 0.25) is 0 Å². The molecule has 60 valence electrons. The molecule has 4 heteroatoms. The molecule has 0 unspecified atom stereocenters. The lowest BCUT2D eigenvalue weighted by molar-refractivity contribution is 0.941. The van der Waals surface area contributed by atoms with E-state index in [4.69, 9.17) is 0 Å².